The summed E-state index contributed by atoms with van der Waals surface area (Å²) in [6, 6.07) is 4.02. The van der Waals surface area contributed by atoms with Crippen LogP contribution in [0.5, 0.6) is 11.5 Å². The standard InChI is InChI=1S/C14H20O3/c1-3-4-5-6-10(2)14(17)11-7-12(15)9-13(16)8-11/h7-10,15-16H,3-6H2,1-2H3. The second-order valence-electron chi connectivity index (χ2n) is 4.50. The molecule has 0 saturated carbocycles. The summed E-state index contributed by atoms with van der Waals surface area (Å²) in [6.45, 7) is 4.01. The lowest BCUT2D eigenvalue weighted by Crippen LogP contribution is -2.11. The van der Waals surface area contributed by atoms with Gasteiger partial charge in [0.1, 0.15) is 11.5 Å². The number of carbonyl (C=O) groups is 1. The molecule has 3 nitrogen and oxygen atoms in total. The Morgan fingerprint density at radius 3 is 2.29 bits per heavy atom. The molecule has 1 unspecified atom stereocenters. The van der Waals surface area contributed by atoms with Gasteiger partial charge in [0.2, 0.25) is 0 Å². The molecule has 1 atom stereocenters. The van der Waals surface area contributed by atoms with E-state index < -0.39 is 0 Å². The molecule has 17 heavy (non-hydrogen) atoms. The molecule has 0 radical (unpaired) electrons. The van der Waals surface area contributed by atoms with E-state index in [0.29, 0.717) is 5.56 Å². The van der Waals surface area contributed by atoms with Crippen LogP contribution in [0.3, 0.4) is 0 Å². The van der Waals surface area contributed by atoms with E-state index in [1.54, 1.807) is 0 Å². The molecule has 0 bridgehead atoms. The van der Waals surface area contributed by atoms with E-state index in [9.17, 15) is 15.0 Å². The van der Waals surface area contributed by atoms with E-state index in [1.165, 1.54) is 18.2 Å². The average molecular weight is 236 g/mol. The first-order chi connectivity index (χ1) is 8.04. The molecule has 0 aromatic heterocycles. The van der Waals surface area contributed by atoms with Crippen molar-refractivity contribution in [3.05, 3.63) is 23.8 Å². The number of hydrogen-bond acceptors (Lipinski definition) is 3. The minimum Gasteiger partial charge on any atom is -0.508 e. The molecule has 94 valence electrons. The third kappa shape index (κ3) is 4.10. The van der Waals surface area contributed by atoms with E-state index >= 15 is 0 Å². The SMILES string of the molecule is CCCCCC(C)C(=O)c1cc(O)cc(O)c1. The third-order valence-electron chi connectivity index (χ3n) is 2.88. The fraction of sp³-hybridized carbons (Fsp3) is 0.500. The molecule has 0 aliphatic carbocycles. The van der Waals surface area contributed by atoms with Crippen LogP contribution in [-0.4, -0.2) is 16.0 Å². The van der Waals surface area contributed by atoms with Gasteiger partial charge in [0.05, 0.1) is 0 Å². The highest BCUT2D eigenvalue weighted by Gasteiger charge is 2.16. The number of phenols is 2. The van der Waals surface area contributed by atoms with Crippen LogP contribution in [-0.2, 0) is 0 Å². The summed E-state index contributed by atoms with van der Waals surface area (Å²) >= 11 is 0. The van der Waals surface area contributed by atoms with Crippen LogP contribution in [0.2, 0.25) is 0 Å². The third-order valence-corrected chi connectivity index (χ3v) is 2.88. The molecule has 0 amide bonds. The van der Waals surface area contributed by atoms with E-state index in [1.807, 2.05) is 6.92 Å². The van der Waals surface area contributed by atoms with Gasteiger partial charge in [-0.15, -0.1) is 0 Å². The Labute approximate surface area is 102 Å². The van der Waals surface area contributed by atoms with Crippen molar-refractivity contribution in [2.75, 3.05) is 0 Å². The molecular formula is C14H20O3. The number of rotatable bonds is 6. The van der Waals surface area contributed by atoms with Crippen molar-refractivity contribution >= 4 is 5.78 Å². The molecule has 0 heterocycles. The topological polar surface area (TPSA) is 57.5 Å². The van der Waals surface area contributed by atoms with Crippen molar-refractivity contribution < 1.29 is 15.0 Å². The number of Topliss-reactive ketones (excluding diaryl/α,β-unsaturated/α-hetero) is 1. The second-order valence-corrected chi connectivity index (χ2v) is 4.50. The number of hydrogen-bond donors (Lipinski definition) is 2. The van der Waals surface area contributed by atoms with Crippen LogP contribution < -0.4 is 0 Å². The largest absolute Gasteiger partial charge is 0.508 e. The molecule has 1 aromatic rings. The van der Waals surface area contributed by atoms with Crippen molar-refractivity contribution in [2.24, 2.45) is 5.92 Å². The lowest BCUT2D eigenvalue weighted by molar-refractivity contribution is 0.0921. The summed E-state index contributed by atoms with van der Waals surface area (Å²) in [7, 11) is 0. The van der Waals surface area contributed by atoms with Crippen LogP contribution in [0.1, 0.15) is 49.9 Å². The molecule has 0 aliphatic rings. The smallest absolute Gasteiger partial charge is 0.165 e. The summed E-state index contributed by atoms with van der Waals surface area (Å²) in [5.41, 5.74) is 0.381. The number of benzene rings is 1. The summed E-state index contributed by atoms with van der Waals surface area (Å²) < 4.78 is 0. The predicted octanol–water partition coefficient (Wildman–Crippen LogP) is 3.50. The molecule has 0 spiro atoms. The quantitative estimate of drug-likeness (QED) is 0.587. The Balaban J connectivity index is 2.68. The summed E-state index contributed by atoms with van der Waals surface area (Å²) in [5.74, 6) is -0.238. The maximum absolute atomic E-state index is 12.0. The second kappa shape index (κ2) is 6.28. The zero-order chi connectivity index (χ0) is 12.8. The van der Waals surface area contributed by atoms with Crippen molar-refractivity contribution in [3.63, 3.8) is 0 Å². The first kappa shape index (κ1) is 13.6. The Morgan fingerprint density at radius 2 is 1.76 bits per heavy atom. The molecule has 0 fully saturated rings. The minimum atomic E-state index is -0.0749. The molecule has 1 rings (SSSR count). The van der Waals surface area contributed by atoms with E-state index in [4.69, 9.17) is 0 Å². The monoisotopic (exact) mass is 236 g/mol. The maximum atomic E-state index is 12.0. The van der Waals surface area contributed by atoms with Gasteiger partial charge in [0, 0.05) is 17.5 Å². The van der Waals surface area contributed by atoms with Crippen LogP contribution >= 0.6 is 0 Å². The summed E-state index contributed by atoms with van der Waals surface area (Å²) in [5, 5.41) is 18.7. The molecule has 0 aliphatic heterocycles. The normalized spacial score (nSPS) is 12.4. The summed E-state index contributed by atoms with van der Waals surface area (Å²) in [6.07, 6.45) is 4.15. The Kier molecular flexibility index (Phi) is 5.01. The highest BCUT2D eigenvalue weighted by atomic mass is 16.3. The van der Waals surface area contributed by atoms with Crippen LogP contribution in [0, 0.1) is 5.92 Å². The van der Waals surface area contributed by atoms with E-state index in [0.717, 1.165) is 25.7 Å². The highest BCUT2D eigenvalue weighted by molar-refractivity contribution is 5.98. The van der Waals surface area contributed by atoms with Gasteiger partial charge in [-0.1, -0.05) is 33.1 Å². The van der Waals surface area contributed by atoms with Gasteiger partial charge in [-0.3, -0.25) is 4.79 Å². The van der Waals surface area contributed by atoms with Crippen molar-refractivity contribution in [1.82, 2.24) is 0 Å². The number of unbranched alkanes of at least 4 members (excludes halogenated alkanes) is 2. The average Bonchev–Trinajstić information content (AvgIpc) is 2.27. The zero-order valence-corrected chi connectivity index (χ0v) is 10.4. The van der Waals surface area contributed by atoms with Crippen LogP contribution in [0.4, 0.5) is 0 Å². The van der Waals surface area contributed by atoms with Crippen molar-refractivity contribution in [1.29, 1.82) is 0 Å². The highest BCUT2D eigenvalue weighted by Crippen LogP contribution is 2.23. The zero-order valence-electron chi connectivity index (χ0n) is 10.4. The first-order valence-corrected chi connectivity index (χ1v) is 6.11. The van der Waals surface area contributed by atoms with Gasteiger partial charge < -0.3 is 10.2 Å². The van der Waals surface area contributed by atoms with Gasteiger partial charge in [-0.25, -0.2) is 0 Å². The van der Waals surface area contributed by atoms with Gasteiger partial charge in [-0.2, -0.15) is 0 Å². The lowest BCUT2D eigenvalue weighted by Gasteiger charge is -2.10. The molecule has 3 heteroatoms. The predicted molar refractivity (Wildman–Crippen MR) is 67.4 cm³/mol. The minimum absolute atomic E-state index is 0.0210. The van der Waals surface area contributed by atoms with Crippen LogP contribution in [0.25, 0.3) is 0 Å². The van der Waals surface area contributed by atoms with E-state index in [-0.39, 0.29) is 23.2 Å². The fourth-order valence-corrected chi connectivity index (χ4v) is 1.85. The number of aromatic hydroxyl groups is 2. The Bertz CT molecular complexity index is 365. The van der Waals surface area contributed by atoms with Crippen molar-refractivity contribution in [2.45, 2.75) is 39.5 Å². The molecule has 0 saturated heterocycles. The lowest BCUT2D eigenvalue weighted by atomic mass is 9.94. The van der Waals surface area contributed by atoms with Crippen LogP contribution in [0.15, 0.2) is 18.2 Å². The van der Waals surface area contributed by atoms with E-state index in [2.05, 4.69) is 6.92 Å². The fourth-order valence-electron chi connectivity index (χ4n) is 1.85. The van der Waals surface area contributed by atoms with Gasteiger partial charge in [0.15, 0.2) is 5.78 Å². The maximum Gasteiger partial charge on any atom is 0.165 e. The summed E-state index contributed by atoms with van der Waals surface area (Å²) in [4.78, 5) is 12.0. The molecule has 1 aromatic carbocycles. The number of carbonyl (C=O) groups excluding carboxylic acids is 1. The number of ketones is 1. The first-order valence-electron chi connectivity index (χ1n) is 6.11. The Hall–Kier alpha value is -1.51. The van der Waals surface area contributed by atoms with Crippen molar-refractivity contribution in [3.8, 4) is 11.5 Å². The van der Waals surface area contributed by atoms with Gasteiger partial charge >= 0.3 is 0 Å². The Morgan fingerprint density at radius 1 is 1.18 bits per heavy atom. The van der Waals surface area contributed by atoms with Gasteiger partial charge in [0.25, 0.3) is 0 Å². The van der Waals surface area contributed by atoms with Gasteiger partial charge in [-0.05, 0) is 18.6 Å². The molecular weight excluding hydrogens is 216 g/mol. The molecule has 2 N–H and O–H groups in total. The number of phenolic OH excluding ortho intramolecular Hbond substituents is 2.